The SMILES string of the molecule is C=C(O)C(N)CCS. The van der Waals surface area contributed by atoms with Crippen molar-refractivity contribution in [2.75, 3.05) is 5.75 Å². The van der Waals surface area contributed by atoms with Gasteiger partial charge in [0.15, 0.2) is 0 Å². The van der Waals surface area contributed by atoms with Crippen LogP contribution in [0.3, 0.4) is 0 Å². The Morgan fingerprint density at radius 3 is 2.50 bits per heavy atom. The fraction of sp³-hybridized carbons (Fsp3) is 0.600. The van der Waals surface area contributed by atoms with Gasteiger partial charge < -0.3 is 10.8 Å². The van der Waals surface area contributed by atoms with Gasteiger partial charge in [-0.05, 0) is 12.2 Å². The molecule has 0 heterocycles. The Bertz CT molecular complexity index is 84.5. The lowest BCUT2D eigenvalue weighted by Gasteiger charge is -2.05. The van der Waals surface area contributed by atoms with Gasteiger partial charge in [-0.3, -0.25) is 0 Å². The first-order valence-electron chi connectivity index (χ1n) is 2.42. The zero-order valence-corrected chi connectivity index (χ0v) is 5.56. The molecule has 3 heteroatoms. The highest BCUT2D eigenvalue weighted by Gasteiger charge is 2.01. The van der Waals surface area contributed by atoms with Crippen molar-refractivity contribution in [3.05, 3.63) is 12.3 Å². The molecular weight excluding hydrogens is 122 g/mol. The maximum Gasteiger partial charge on any atom is 0.102 e. The van der Waals surface area contributed by atoms with Crippen molar-refractivity contribution in [2.45, 2.75) is 12.5 Å². The summed E-state index contributed by atoms with van der Waals surface area (Å²) in [6.07, 6.45) is 0.679. The van der Waals surface area contributed by atoms with E-state index in [4.69, 9.17) is 10.8 Å². The van der Waals surface area contributed by atoms with Crippen LogP contribution in [0.2, 0.25) is 0 Å². The van der Waals surface area contributed by atoms with Crippen molar-refractivity contribution < 1.29 is 5.11 Å². The minimum atomic E-state index is -0.299. The molecule has 0 aliphatic carbocycles. The molecule has 0 rings (SSSR count). The van der Waals surface area contributed by atoms with E-state index in [1.54, 1.807) is 0 Å². The Morgan fingerprint density at radius 2 is 2.38 bits per heavy atom. The summed E-state index contributed by atoms with van der Waals surface area (Å²) < 4.78 is 0. The summed E-state index contributed by atoms with van der Waals surface area (Å²) in [6, 6.07) is -0.299. The largest absolute Gasteiger partial charge is 0.511 e. The van der Waals surface area contributed by atoms with E-state index < -0.39 is 0 Å². The van der Waals surface area contributed by atoms with Crippen LogP contribution in [0.25, 0.3) is 0 Å². The van der Waals surface area contributed by atoms with E-state index in [1.807, 2.05) is 0 Å². The van der Waals surface area contributed by atoms with Gasteiger partial charge in [-0.2, -0.15) is 12.6 Å². The average molecular weight is 133 g/mol. The highest BCUT2D eigenvalue weighted by molar-refractivity contribution is 7.80. The van der Waals surface area contributed by atoms with Crippen molar-refractivity contribution in [2.24, 2.45) is 5.73 Å². The lowest BCUT2D eigenvalue weighted by atomic mass is 10.2. The predicted octanol–water partition coefficient (Wildman–Crippen LogP) is 0.705. The summed E-state index contributed by atoms with van der Waals surface area (Å²) in [5, 5.41) is 8.60. The van der Waals surface area contributed by atoms with Crippen LogP contribution < -0.4 is 5.73 Å². The fourth-order valence-electron chi connectivity index (χ4n) is 0.306. The second kappa shape index (κ2) is 3.80. The monoisotopic (exact) mass is 133 g/mol. The Morgan fingerprint density at radius 1 is 1.88 bits per heavy atom. The van der Waals surface area contributed by atoms with Crippen LogP contribution in [0.4, 0.5) is 0 Å². The van der Waals surface area contributed by atoms with Gasteiger partial charge in [0.05, 0.1) is 6.04 Å². The molecule has 0 saturated carbocycles. The van der Waals surface area contributed by atoms with E-state index in [1.165, 1.54) is 0 Å². The lowest BCUT2D eigenvalue weighted by Crippen LogP contribution is -2.22. The molecule has 0 saturated heterocycles. The van der Waals surface area contributed by atoms with E-state index in [-0.39, 0.29) is 11.8 Å². The maximum absolute atomic E-state index is 8.60. The van der Waals surface area contributed by atoms with E-state index in [9.17, 15) is 0 Å². The lowest BCUT2D eigenvalue weighted by molar-refractivity contribution is 0.367. The second-order valence-electron chi connectivity index (χ2n) is 1.61. The molecule has 0 aliphatic rings. The summed E-state index contributed by atoms with van der Waals surface area (Å²) >= 11 is 3.92. The average Bonchev–Trinajstić information content (AvgIpc) is 1.67. The molecule has 1 unspecified atom stereocenters. The first kappa shape index (κ1) is 7.85. The van der Waals surface area contributed by atoms with Gasteiger partial charge in [0.1, 0.15) is 5.76 Å². The van der Waals surface area contributed by atoms with Crippen LogP contribution >= 0.6 is 12.6 Å². The van der Waals surface area contributed by atoms with Crippen molar-refractivity contribution in [3.63, 3.8) is 0 Å². The number of aliphatic hydroxyl groups is 1. The minimum absolute atomic E-state index is 0.0408. The van der Waals surface area contributed by atoms with E-state index in [0.29, 0.717) is 12.2 Å². The number of hydrogen-bond acceptors (Lipinski definition) is 3. The predicted molar refractivity (Wildman–Crippen MR) is 38.2 cm³/mol. The third kappa shape index (κ3) is 2.93. The molecule has 0 radical (unpaired) electrons. The van der Waals surface area contributed by atoms with E-state index in [2.05, 4.69) is 19.2 Å². The molecule has 0 amide bonds. The van der Waals surface area contributed by atoms with E-state index >= 15 is 0 Å². The molecule has 0 bridgehead atoms. The summed E-state index contributed by atoms with van der Waals surface area (Å²) in [7, 11) is 0. The van der Waals surface area contributed by atoms with Crippen LogP contribution in [0.5, 0.6) is 0 Å². The zero-order valence-electron chi connectivity index (χ0n) is 4.67. The second-order valence-corrected chi connectivity index (χ2v) is 2.06. The standard InChI is InChI=1S/C5H11NOS/c1-4(7)5(6)2-3-8/h5,7-8H,1-3,6H2. The zero-order chi connectivity index (χ0) is 6.57. The fourth-order valence-corrected chi connectivity index (χ4v) is 0.584. The topological polar surface area (TPSA) is 46.2 Å². The smallest absolute Gasteiger partial charge is 0.102 e. The number of nitrogens with two attached hydrogens (primary N) is 1. The molecule has 3 N–H and O–H groups in total. The Kier molecular flexibility index (Phi) is 3.73. The van der Waals surface area contributed by atoms with Crippen molar-refractivity contribution in [1.82, 2.24) is 0 Å². The number of rotatable bonds is 3. The van der Waals surface area contributed by atoms with Gasteiger partial charge >= 0.3 is 0 Å². The molecule has 0 aromatic carbocycles. The van der Waals surface area contributed by atoms with Crippen LogP contribution in [0, 0.1) is 0 Å². The van der Waals surface area contributed by atoms with Gasteiger partial charge in [-0.15, -0.1) is 0 Å². The van der Waals surface area contributed by atoms with Gasteiger partial charge in [0.2, 0.25) is 0 Å². The Hall–Kier alpha value is -0.150. The Labute approximate surface area is 54.8 Å². The summed E-state index contributed by atoms with van der Waals surface area (Å²) in [5.41, 5.74) is 5.33. The van der Waals surface area contributed by atoms with Gasteiger partial charge in [0, 0.05) is 0 Å². The van der Waals surface area contributed by atoms with Crippen LogP contribution in [-0.4, -0.2) is 16.9 Å². The van der Waals surface area contributed by atoms with Crippen LogP contribution in [0.15, 0.2) is 12.3 Å². The third-order valence-corrected chi connectivity index (χ3v) is 1.13. The normalized spacial score (nSPS) is 13.2. The molecule has 0 aliphatic heterocycles. The van der Waals surface area contributed by atoms with E-state index in [0.717, 1.165) is 0 Å². The number of thiol groups is 1. The molecule has 2 nitrogen and oxygen atoms in total. The minimum Gasteiger partial charge on any atom is -0.511 e. The summed E-state index contributed by atoms with van der Waals surface area (Å²) in [6.45, 7) is 3.27. The molecule has 8 heavy (non-hydrogen) atoms. The maximum atomic E-state index is 8.60. The quantitative estimate of drug-likeness (QED) is 0.392. The van der Waals surface area contributed by atoms with Crippen molar-refractivity contribution >= 4 is 12.6 Å². The molecule has 0 spiro atoms. The molecule has 0 aromatic heterocycles. The summed E-state index contributed by atoms with van der Waals surface area (Å²) in [5.74, 6) is 0.722. The Balaban J connectivity index is 3.32. The summed E-state index contributed by atoms with van der Waals surface area (Å²) in [4.78, 5) is 0. The number of hydrogen-bond donors (Lipinski definition) is 3. The number of aliphatic hydroxyl groups excluding tert-OH is 1. The molecule has 48 valence electrons. The van der Waals surface area contributed by atoms with Crippen LogP contribution in [-0.2, 0) is 0 Å². The highest BCUT2D eigenvalue weighted by atomic mass is 32.1. The first-order valence-corrected chi connectivity index (χ1v) is 3.06. The van der Waals surface area contributed by atoms with Gasteiger partial charge in [0.25, 0.3) is 0 Å². The van der Waals surface area contributed by atoms with Gasteiger partial charge in [-0.1, -0.05) is 6.58 Å². The van der Waals surface area contributed by atoms with Gasteiger partial charge in [-0.25, -0.2) is 0 Å². The molecule has 1 atom stereocenters. The highest BCUT2D eigenvalue weighted by Crippen LogP contribution is 1.96. The first-order chi connectivity index (χ1) is 3.68. The molecule has 0 fully saturated rings. The van der Waals surface area contributed by atoms with Crippen molar-refractivity contribution in [3.8, 4) is 0 Å². The van der Waals surface area contributed by atoms with Crippen LogP contribution in [0.1, 0.15) is 6.42 Å². The third-order valence-electron chi connectivity index (χ3n) is 0.868. The van der Waals surface area contributed by atoms with Crippen molar-refractivity contribution in [1.29, 1.82) is 0 Å². The molecule has 0 aromatic rings. The molecular formula is C5H11NOS.